The number of hydrogen-bond donors (Lipinski definition) is 5. The van der Waals surface area contributed by atoms with E-state index in [9.17, 15) is 33.9 Å². The van der Waals surface area contributed by atoms with Gasteiger partial charge in [0.25, 0.3) is 11.5 Å². The van der Waals surface area contributed by atoms with Gasteiger partial charge in [0, 0.05) is 44.5 Å². The molecule has 2 aromatic heterocycles. The number of aryl methyl sites for hydroxylation is 2. The van der Waals surface area contributed by atoms with Crippen molar-refractivity contribution in [2.24, 2.45) is 0 Å². The Balaban J connectivity index is 1.24. The number of nitrogens with two attached hydrogens (primary N) is 1. The van der Waals surface area contributed by atoms with Crippen molar-refractivity contribution in [2.75, 3.05) is 45.4 Å². The van der Waals surface area contributed by atoms with Crippen molar-refractivity contribution < 1.29 is 48.4 Å². The summed E-state index contributed by atoms with van der Waals surface area (Å²) in [6.07, 6.45) is 3.83. The highest BCUT2D eigenvalue weighted by Crippen LogP contribution is 2.11. The van der Waals surface area contributed by atoms with Gasteiger partial charge in [0.15, 0.2) is 11.2 Å². The Morgan fingerprint density at radius 1 is 0.784 bits per heavy atom. The van der Waals surface area contributed by atoms with E-state index in [1.54, 1.807) is 24.3 Å². The van der Waals surface area contributed by atoms with E-state index in [-0.39, 0.29) is 72.8 Å². The molecule has 1 atom stereocenters. The summed E-state index contributed by atoms with van der Waals surface area (Å²) in [6.45, 7) is 2.09. The molecule has 0 aliphatic carbocycles. The monoisotopic (exact) mass is 712 g/mol. The molecule has 0 saturated carbocycles. The Bertz CT molecular complexity index is 1680. The molecule has 0 bridgehead atoms. The third-order valence-corrected chi connectivity index (χ3v) is 7.54. The third-order valence-electron chi connectivity index (χ3n) is 7.54. The Labute approximate surface area is 293 Å². The van der Waals surface area contributed by atoms with Gasteiger partial charge >= 0.3 is 11.9 Å². The molecule has 276 valence electrons. The molecule has 51 heavy (non-hydrogen) atoms. The molecule has 0 aliphatic heterocycles. The maximum atomic E-state index is 12.7. The number of nitrogens with one attached hydrogen (secondary N) is 2. The maximum Gasteiger partial charge on any atom is 0.326 e. The van der Waals surface area contributed by atoms with Crippen LogP contribution in [0.3, 0.4) is 0 Å². The minimum Gasteiger partial charge on any atom is -0.481 e. The number of carbonyl (C=O) groups excluding carboxylic acids is 3. The second-order valence-corrected chi connectivity index (χ2v) is 11.6. The smallest absolute Gasteiger partial charge is 0.326 e. The number of fused-ring (bicyclic) bond motifs is 1. The lowest BCUT2D eigenvalue weighted by Crippen LogP contribution is -2.41. The Morgan fingerprint density at radius 2 is 1.39 bits per heavy atom. The van der Waals surface area contributed by atoms with Gasteiger partial charge in [-0.2, -0.15) is 4.98 Å². The maximum absolute atomic E-state index is 12.7. The highest BCUT2D eigenvalue weighted by molar-refractivity contribution is 5.96. The number of carboxylic acids is 2. The molecular formula is C34H44N6O11. The molecule has 3 aromatic rings. The molecule has 3 rings (SSSR count). The molecule has 17 heteroatoms. The van der Waals surface area contributed by atoms with E-state index in [0.29, 0.717) is 71.0 Å². The number of amides is 1. The second kappa shape index (κ2) is 21.8. The first kappa shape index (κ1) is 40.3. The van der Waals surface area contributed by atoms with Crippen LogP contribution in [0.25, 0.3) is 11.2 Å². The average molecular weight is 713 g/mol. The predicted octanol–water partition coefficient (Wildman–Crippen LogP) is 1.66. The van der Waals surface area contributed by atoms with Crippen molar-refractivity contribution in [1.29, 1.82) is 0 Å². The van der Waals surface area contributed by atoms with Crippen LogP contribution in [0.15, 0.2) is 35.3 Å². The first-order valence-corrected chi connectivity index (χ1v) is 16.6. The van der Waals surface area contributed by atoms with Gasteiger partial charge in [-0.15, -0.1) is 0 Å². The zero-order chi connectivity index (χ0) is 37.0. The Morgan fingerprint density at radius 3 is 2.00 bits per heavy atom. The standard InChI is InChI=1S/C34H44N6O11/c35-34-39-30-29(32(46)40-34)37-24(21-36-30)10-7-22-5-8-23(9-6-22)31(45)38-27(33(47)48)13-11-25(41)3-1-15-49-17-19-51-20-18-50-16-2-4-26(42)12-14-28(43)44/h5-6,8-9,21,27H,1-4,7,10-20H2,(H,38,45)(H,43,44)(H,47,48)(H3,35,36,39,40,46). The number of anilines is 1. The molecule has 17 nitrogen and oxygen atoms in total. The van der Waals surface area contributed by atoms with Crippen molar-refractivity contribution >= 4 is 46.5 Å². The van der Waals surface area contributed by atoms with Crippen molar-refractivity contribution in [3.05, 3.63) is 57.6 Å². The summed E-state index contributed by atoms with van der Waals surface area (Å²) in [4.78, 5) is 85.7. The van der Waals surface area contributed by atoms with Gasteiger partial charge in [0.2, 0.25) is 5.95 Å². The number of carbonyl (C=O) groups is 5. The summed E-state index contributed by atoms with van der Waals surface area (Å²) in [5, 5.41) is 20.7. The minimum atomic E-state index is -1.24. The van der Waals surface area contributed by atoms with E-state index < -0.39 is 29.4 Å². The summed E-state index contributed by atoms with van der Waals surface area (Å²) < 4.78 is 16.2. The van der Waals surface area contributed by atoms with E-state index in [1.165, 1.54) is 6.20 Å². The van der Waals surface area contributed by atoms with Crippen LogP contribution in [-0.2, 0) is 46.2 Å². The molecular weight excluding hydrogens is 668 g/mol. The number of nitrogens with zero attached hydrogens (tertiary/aromatic N) is 3. The van der Waals surface area contributed by atoms with E-state index in [4.69, 9.17) is 25.1 Å². The molecule has 0 fully saturated rings. The lowest BCUT2D eigenvalue weighted by atomic mass is 10.0. The summed E-state index contributed by atoms with van der Waals surface area (Å²) in [5.74, 6) is -3.08. The number of hydrogen-bond acceptors (Lipinski definition) is 13. The van der Waals surface area contributed by atoms with Gasteiger partial charge in [0.1, 0.15) is 17.6 Å². The zero-order valence-electron chi connectivity index (χ0n) is 28.3. The summed E-state index contributed by atoms with van der Waals surface area (Å²) in [6, 6.07) is 5.41. The first-order chi connectivity index (χ1) is 24.5. The van der Waals surface area contributed by atoms with Gasteiger partial charge in [-0.05, 0) is 49.8 Å². The number of ketones is 2. The van der Waals surface area contributed by atoms with Gasteiger partial charge in [-0.25, -0.2) is 14.8 Å². The number of benzene rings is 1. The van der Waals surface area contributed by atoms with Crippen LogP contribution in [0.2, 0.25) is 0 Å². The number of carboxylic acid groups (broad SMARTS) is 2. The van der Waals surface area contributed by atoms with Crippen molar-refractivity contribution in [2.45, 2.75) is 70.3 Å². The third kappa shape index (κ3) is 15.5. The lowest BCUT2D eigenvalue weighted by Gasteiger charge is -2.14. The normalized spacial score (nSPS) is 11.7. The van der Waals surface area contributed by atoms with E-state index in [0.717, 1.165) is 5.56 Å². The number of aromatic amines is 1. The van der Waals surface area contributed by atoms with Gasteiger partial charge in [0.05, 0.1) is 44.7 Å². The number of rotatable bonds is 26. The summed E-state index contributed by atoms with van der Waals surface area (Å²) >= 11 is 0. The number of aliphatic carboxylic acids is 2. The van der Waals surface area contributed by atoms with Crippen LogP contribution < -0.4 is 16.6 Å². The van der Waals surface area contributed by atoms with Crippen LogP contribution in [0.5, 0.6) is 0 Å². The zero-order valence-corrected chi connectivity index (χ0v) is 28.3. The highest BCUT2D eigenvalue weighted by Gasteiger charge is 2.22. The van der Waals surface area contributed by atoms with E-state index in [1.807, 2.05) is 0 Å². The topological polar surface area (TPSA) is 263 Å². The number of Topliss-reactive ketones (excluding diaryl/α,β-unsaturated/α-hetero) is 2. The fourth-order valence-electron chi connectivity index (χ4n) is 4.77. The van der Waals surface area contributed by atoms with Crippen molar-refractivity contribution in [1.82, 2.24) is 25.3 Å². The van der Waals surface area contributed by atoms with Crippen LogP contribution in [0, 0.1) is 0 Å². The molecule has 1 amide bonds. The van der Waals surface area contributed by atoms with E-state index in [2.05, 4.69) is 25.3 Å². The SMILES string of the molecule is Nc1nc2ncc(CCc3ccc(C(=O)NC(CCC(=O)CCCOCCOCCOCCCC(=O)CCC(=O)O)C(=O)O)cc3)nc2c(=O)[nH]1. The van der Waals surface area contributed by atoms with Crippen LogP contribution in [-0.4, -0.2) is 105 Å². The number of nitrogen functional groups attached to an aromatic ring is 1. The number of H-pyrrole nitrogens is 1. The molecule has 2 heterocycles. The van der Waals surface area contributed by atoms with Gasteiger partial charge < -0.3 is 35.5 Å². The highest BCUT2D eigenvalue weighted by atomic mass is 16.5. The molecule has 1 unspecified atom stereocenters. The van der Waals surface area contributed by atoms with Gasteiger partial charge in [-0.3, -0.25) is 29.0 Å². The largest absolute Gasteiger partial charge is 0.481 e. The molecule has 0 saturated heterocycles. The van der Waals surface area contributed by atoms with Crippen molar-refractivity contribution in [3.8, 4) is 0 Å². The van der Waals surface area contributed by atoms with Crippen LogP contribution >= 0.6 is 0 Å². The van der Waals surface area contributed by atoms with Crippen LogP contribution in [0.1, 0.15) is 73.0 Å². The summed E-state index contributed by atoms with van der Waals surface area (Å²) in [7, 11) is 0. The van der Waals surface area contributed by atoms with Crippen LogP contribution in [0.4, 0.5) is 5.95 Å². The summed E-state index contributed by atoms with van der Waals surface area (Å²) in [5.41, 5.74) is 7.03. The molecule has 0 radical (unpaired) electrons. The second-order valence-electron chi connectivity index (χ2n) is 11.6. The fraction of sp³-hybridized carbons (Fsp3) is 0.500. The minimum absolute atomic E-state index is 0.0111. The van der Waals surface area contributed by atoms with E-state index >= 15 is 0 Å². The molecule has 1 aromatic carbocycles. The fourth-order valence-corrected chi connectivity index (χ4v) is 4.77. The number of aromatic nitrogens is 4. The first-order valence-electron chi connectivity index (χ1n) is 16.6. The number of ether oxygens (including phenoxy) is 3. The Hall–Kier alpha value is -5.13. The van der Waals surface area contributed by atoms with Crippen molar-refractivity contribution in [3.63, 3.8) is 0 Å². The molecule has 0 spiro atoms. The Kier molecular flexibility index (Phi) is 17.3. The quantitative estimate of drug-likeness (QED) is 0.0741. The molecule has 6 N–H and O–H groups in total. The lowest BCUT2D eigenvalue weighted by molar-refractivity contribution is -0.140. The van der Waals surface area contributed by atoms with Gasteiger partial charge in [-0.1, -0.05) is 12.1 Å². The average Bonchev–Trinajstić information content (AvgIpc) is 3.10. The molecule has 0 aliphatic rings. The predicted molar refractivity (Wildman–Crippen MR) is 182 cm³/mol.